The highest BCUT2D eigenvalue weighted by atomic mass is 16.5. The normalized spacial score (nSPS) is 12.4. The Hall–Kier alpha value is -0.530. The van der Waals surface area contributed by atoms with Gasteiger partial charge in [-0.3, -0.25) is 4.79 Å². The molecule has 0 bridgehead atoms. The molecule has 0 aliphatic heterocycles. The van der Waals surface area contributed by atoms with E-state index in [-0.39, 0.29) is 12.1 Å². The van der Waals surface area contributed by atoms with Crippen molar-refractivity contribution >= 4 is 5.97 Å². The first-order chi connectivity index (χ1) is 8.24. The summed E-state index contributed by atoms with van der Waals surface area (Å²) in [5.41, 5.74) is 0. The molecular formula is C15H30O2. The molecular weight excluding hydrogens is 212 g/mol. The summed E-state index contributed by atoms with van der Waals surface area (Å²) in [6, 6.07) is 0. The molecule has 2 heteroatoms. The molecule has 0 rings (SSSR count). The van der Waals surface area contributed by atoms with Gasteiger partial charge in [-0.1, -0.05) is 52.9 Å². The molecule has 0 fully saturated rings. The molecule has 0 aromatic carbocycles. The molecule has 17 heavy (non-hydrogen) atoms. The van der Waals surface area contributed by atoms with Crippen molar-refractivity contribution < 1.29 is 9.53 Å². The Labute approximate surface area is 107 Å². The SMILES string of the molecule is CCCCCC(CCCC)OC(=O)CCCC. The van der Waals surface area contributed by atoms with Crippen LogP contribution in [0.25, 0.3) is 0 Å². The molecule has 0 saturated carbocycles. The van der Waals surface area contributed by atoms with Crippen LogP contribution in [0.1, 0.15) is 85.0 Å². The fourth-order valence-corrected chi connectivity index (χ4v) is 1.88. The summed E-state index contributed by atoms with van der Waals surface area (Å²) in [5.74, 6) is 0.00412. The van der Waals surface area contributed by atoms with Crippen LogP contribution in [-0.4, -0.2) is 12.1 Å². The highest BCUT2D eigenvalue weighted by molar-refractivity contribution is 5.69. The van der Waals surface area contributed by atoms with E-state index in [4.69, 9.17) is 4.74 Å². The second-order valence-corrected chi connectivity index (χ2v) is 4.85. The van der Waals surface area contributed by atoms with Gasteiger partial charge in [-0.05, 0) is 25.7 Å². The minimum absolute atomic E-state index is 0.00412. The molecule has 0 heterocycles. The zero-order valence-corrected chi connectivity index (χ0v) is 12.0. The number of ether oxygens (including phenoxy) is 1. The van der Waals surface area contributed by atoms with Crippen molar-refractivity contribution in [3.8, 4) is 0 Å². The number of unbranched alkanes of at least 4 members (excludes halogenated alkanes) is 4. The molecule has 0 amide bonds. The Morgan fingerprint density at radius 3 is 2.06 bits per heavy atom. The van der Waals surface area contributed by atoms with Crippen LogP contribution in [-0.2, 0) is 9.53 Å². The van der Waals surface area contributed by atoms with E-state index in [0.29, 0.717) is 6.42 Å². The zero-order valence-electron chi connectivity index (χ0n) is 12.0. The van der Waals surface area contributed by atoms with Gasteiger partial charge in [-0.25, -0.2) is 0 Å². The van der Waals surface area contributed by atoms with Crippen LogP contribution in [0.5, 0.6) is 0 Å². The molecule has 0 spiro atoms. The van der Waals surface area contributed by atoms with Crippen LogP contribution in [0.4, 0.5) is 0 Å². The van der Waals surface area contributed by atoms with E-state index < -0.39 is 0 Å². The summed E-state index contributed by atoms with van der Waals surface area (Å²) in [4.78, 5) is 11.6. The van der Waals surface area contributed by atoms with E-state index in [1.54, 1.807) is 0 Å². The standard InChI is InChI=1S/C15H30O2/c1-4-7-10-12-14(11-8-5-2)17-15(16)13-9-6-3/h14H,4-13H2,1-3H3. The first kappa shape index (κ1) is 16.5. The zero-order chi connectivity index (χ0) is 12.9. The van der Waals surface area contributed by atoms with E-state index in [9.17, 15) is 4.79 Å². The molecule has 2 nitrogen and oxygen atoms in total. The smallest absolute Gasteiger partial charge is 0.306 e. The van der Waals surface area contributed by atoms with Gasteiger partial charge in [0.2, 0.25) is 0 Å². The van der Waals surface area contributed by atoms with Crippen molar-refractivity contribution in [1.82, 2.24) is 0 Å². The van der Waals surface area contributed by atoms with Crippen molar-refractivity contribution in [2.24, 2.45) is 0 Å². The summed E-state index contributed by atoms with van der Waals surface area (Å²) in [6.45, 7) is 6.49. The quantitative estimate of drug-likeness (QED) is 0.382. The molecule has 0 saturated heterocycles. The highest BCUT2D eigenvalue weighted by Crippen LogP contribution is 2.14. The van der Waals surface area contributed by atoms with Gasteiger partial charge in [-0.2, -0.15) is 0 Å². The second-order valence-electron chi connectivity index (χ2n) is 4.85. The minimum Gasteiger partial charge on any atom is -0.462 e. The summed E-state index contributed by atoms with van der Waals surface area (Å²) in [5, 5.41) is 0. The van der Waals surface area contributed by atoms with E-state index in [1.165, 1.54) is 25.7 Å². The molecule has 0 aliphatic rings. The maximum Gasteiger partial charge on any atom is 0.306 e. The summed E-state index contributed by atoms with van der Waals surface area (Å²) in [6.07, 6.45) is 10.9. The maximum absolute atomic E-state index is 11.6. The number of hydrogen-bond donors (Lipinski definition) is 0. The Morgan fingerprint density at radius 2 is 1.47 bits per heavy atom. The number of hydrogen-bond acceptors (Lipinski definition) is 2. The third-order valence-electron chi connectivity index (χ3n) is 3.04. The monoisotopic (exact) mass is 242 g/mol. The molecule has 0 aliphatic carbocycles. The lowest BCUT2D eigenvalue weighted by molar-refractivity contribution is -0.150. The van der Waals surface area contributed by atoms with Gasteiger partial charge in [0.15, 0.2) is 0 Å². The topological polar surface area (TPSA) is 26.3 Å². The van der Waals surface area contributed by atoms with Crippen molar-refractivity contribution in [3.05, 3.63) is 0 Å². The third-order valence-corrected chi connectivity index (χ3v) is 3.04. The molecule has 102 valence electrons. The summed E-state index contributed by atoms with van der Waals surface area (Å²) >= 11 is 0. The Balaban J connectivity index is 3.85. The van der Waals surface area contributed by atoms with Crippen molar-refractivity contribution in [3.63, 3.8) is 0 Å². The third kappa shape index (κ3) is 10.3. The average Bonchev–Trinajstić information content (AvgIpc) is 2.33. The molecule has 1 atom stereocenters. The van der Waals surface area contributed by atoms with Gasteiger partial charge in [0.25, 0.3) is 0 Å². The number of rotatable bonds is 11. The predicted molar refractivity (Wildman–Crippen MR) is 73.1 cm³/mol. The van der Waals surface area contributed by atoms with Crippen LogP contribution < -0.4 is 0 Å². The first-order valence-corrected chi connectivity index (χ1v) is 7.44. The molecule has 0 aromatic heterocycles. The van der Waals surface area contributed by atoms with Crippen LogP contribution in [0.3, 0.4) is 0 Å². The minimum atomic E-state index is 0.00412. The Bertz CT molecular complexity index is 178. The largest absolute Gasteiger partial charge is 0.462 e. The van der Waals surface area contributed by atoms with Gasteiger partial charge >= 0.3 is 5.97 Å². The van der Waals surface area contributed by atoms with E-state index in [0.717, 1.165) is 32.1 Å². The second kappa shape index (κ2) is 11.9. The number of carbonyl (C=O) groups is 1. The van der Waals surface area contributed by atoms with Crippen molar-refractivity contribution in [1.29, 1.82) is 0 Å². The van der Waals surface area contributed by atoms with Crippen LogP contribution in [0.15, 0.2) is 0 Å². The fourth-order valence-electron chi connectivity index (χ4n) is 1.88. The number of esters is 1. The summed E-state index contributed by atoms with van der Waals surface area (Å²) in [7, 11) is 0. The van der Waals surface area contributed by atoms with Gasteiger partial charge in [0.05, 0.1) is 0 Å². The molecule has 0 radical (unpaired) electrons. The van der Waals surface area contributed by atoms with E-state index >= 15 is 0 Å². The van der Waals surface area contributed by atoms with Crippen molar-refractivity contribution in [2.45, 2.75) is 91.1 Å². The van der Waals surface area contributed by atoms with Crippen LogP contribution in [0.2, 0.25) is 0 Å². The maximum atomic E-state index is 11.6. The predicted octanol–water partition coefficient (Wildman–Crippen LogP) is 4.86. The molecule has 1 unspecified atom stereocenters. The summed E-state index contributed by atoms with van der Waals surface area (Å²) < 4.78 is 5.56. The fraction of sp³-hybridized carbons (Fsp3) is 0.933. The number of carbonyl (C=O) groups excluding carboxylic acids is 1. The Morgan fingerprint density at radius 1 is 0.882 bits per heavy atom. The van der Waals surface area contributed by atoms with Gasteiger partial charge in [-0.15, -0.1) is 0 Å². The Kier molecular flexibility index (Phi) is 11.6. The van der Waals surface area contributed by atoms with Crippen LogP contribution in [0, 0.1) is 0 Å². The molecule has 0 N–H and O–H groups in total. The van der Waals surface area contributed by atoms with E-state index in [2.05, 4.69) is 20.8 Å². The van der Waals surface area contributed by atoms with Gasteiger partial charge < -0.3 is 4.74 Å². The lowest BCUT2D eigenvalue weighted by Crippen LogP contribution is -2.18. The van der Waals surface area contributed by atoms with E-state index in [1.807, 2.05) is 0 Å². The lowest BCUT2D eigenvalue weighted by Gasteiger charge is -2.17. The van der Waals surface area contributed by atoms with Gasteiger partial charge in [0, 0.05) is 6.42 Å². The molecule has 0 aromatic rings. The van der Waals surface area contributed by atoms with Gasteiger partial charge in [0.1, 0.15) is 6.10 Å². The van der Waals surface area contributed by atoms with Crippen molar-refractivity contribution in [2.75, 3.05) is 0 Å². The highest BCUT2D eigenvalue weighted by Gasteiger charge is 2.13. The first-order valence-electron chi connectivity index (χ1n) is 7.44. The van der Waals surface area contributed by atoms with Crippen LogP contribution >= 0.6 is 0 Å². The average molecular weight is 242 g/mol. The lowest BCUT2D eigenvalue weighted by atomic mass is 10.1.